The first-order valence-electron chi connectivity index (χ1n) is 6.12. The molecule has 0 spiro atoms. The lowest BCUT2D eigenvalue weighted by atomic mass is 9.97. The fraction of sp³-hybridized carbons (Fsp3) is 0.357. The highest BCUT2D eigenvalue weighted by Gasteiger charge is 2.24. The molecule has 1 aromatic heterocycles. The molecule has 1 aromatic carbocycles. The first-order valence-corrected chi connectivity index (χ1v) is 6.12. The summed E-state index contributed by atoms with van der Waals surface area (Å²) in [6.07, 6.45) is 1.07. The molecule has 3 nitrogen and oxygen atoms in total. The Labute approximate surface area is 101 Å². The second kappa shape index (κ2) is 4.00. The van der Waals surface area contributed by atoms with Gasteiger partial charge in [-0.3, -0.25) is 4.68 Å². The summed E-state index contributed by atoms with van der Waals surface area (Å²) in [6.45, 7) is 3.22. The molecule has 17 heavy (non-hydrogen) atoms. The molecule has 1 aliphatic rings. The van der Waals surface area contributed by atoms with Gasteiger partial charge in [-0.2, -0.15) is 5.10 Å². The number of aromatic nitrogens is 2. The van der Waals surface area contributed by atoms with E-state index in [-0.39, 0.29) is 0 Å². The fourth-order valence-electron chi connectivity index (χ4n) is 2.65. The highest BCUT2D eigenvalue weighted by Crippen LogP contribution is 2.31. The van der Waals surface area contributed by atoms with Gasteiger partial charge in [-0.1, -0.05) is 30.3 Å². The highest BCUT2D eigenvalue weighted by molar-refractivity contribution is 5.65. The van der Waals surface area contributed by atoms with Crippen LogP contribution in [0.1, 0.15) is 24.2 Å². The lowest BCUT2D eigenvalue weighted by Crippen LogP contribution is -2.27. The van der Waals surface area contributed by atoms with E-state index in [1.54, 1.807) is 0 Å². The van der Waals surface area contributed by atoms with Gasteiger partial charge in [0.2, 0.25) is 0 Å². The molecular weight excluding hydrogens is 210 g/mol. The molecule has 2 heterocycles. The molecule has 2 aromatic rings. The number of nitrogens with zero attached hydrogens (tertiary/aromatic N) is 2. The van der Waals surface area contributed by atoms with E-state index >= 15 is 0 Å². The monoisotopic (exact) mass is 227 g/mol. The number of rotatable bonds is 1. The van der Waals surface area contributed by atoms with Crippen LogP contribution in [0.4, 0.5) is 0 Å². The Balaban J connectivity index is 2.18. The first-order chi connectivity index (χ1) is 8.27. The van der Waals surface area contributed by atoms with Crippen LogP contribution in [0.15, 0.2) is 30.3 Å². The molecule has 3 rings (SSSR count). The second-order valence-electron chi connectivity index (χ2n) is 4.63. The van der Waals surface area contributed by atoms with E-state index in [2.05, 4.69) is 47.7 Å². The number of fused-ring (bicyclic) bond motifs is 1. The van der Waals surface area contributed by atoms with Crippen LogP contribution in [0, 0.1) is 0 Å². The summed E-state index contributed by atoms with van der Waals surface area (Å²) in [5.74, 6) is 0. The zero-order valence-electron chi connectivity index (χ0n) is 10.3. The Morgan fingerprint density at radius 1 is 1.29 bits per heavy atom. The molecule has 88 valence electrons. The lowest BCUT2D eigenvalue weighted by Gasteiger charge is -2.19. The van der Waals surface area contributed by atoms with Crippen molar-refractivity contribution in [3.63, 3.8) is 0 Å². The molecule has 1 atom stereocenters. The maximum Gasteiger partial charge on any atom is 0.0830 e. The molecule has 0 amide bonds. The molecule has 0 saturated carbocycles. The van der Waals surface area contributed by atoms with Gasteiger partial charge in [-0.05, 0) is 19.9 Å². The lowest BCUT2D eigenvalue weighted by molar-refractivity contribution is 0.525. The smallest absolute Gasteiger partial charge is 0.0830 e. The van der Waals surface area contributed by atoms with Crippen molar-refractivity contribution >= 4 is 0 Å². The largest absolute Gasteiger partial charge is 0.308 e. The Kier molecular flexibility index (Phi) is 2.48. The third-order valence-electron chi connectivity index (χ3n) is 3.46. The molecule has 0 aliphatic carbocycles. The average molecular weight is 227 g/mol. The van der Waals surface area contributed by atoms with Crippen molar-refractivity contribution in [1.82, 2.24) is 15.1 Å². The van der Waals surface area contributed by atoms with Gasteiger partial charge in [0, 0.05) is 24.2 Å². The van der Waals surface area contributed by atoms with Crippen molar-refractivity contribution < 1.29 is 0 Å². The van der Waals surface area contributed by atoms with Gasteiger partial charge < -0.3 is 5.32 Å². The van der Waals surface area contributed by atoms with Gasteiger partial charge >= 0.3 is 0 Å². The van der Waals surface area contributed by atoms with Crippen molar-refractivity contribution in [3.05, 3.63) is 41.6 Å². The molecular formula is C14H17N3. The molecule has 0 unspecified atom stereocenters. The number of nitrogens with one attached hydrogen (secondary N) is 1. The van der Waals surface area contributed by atoms with Crippen LogP contribution in [0.2, 0.25) is 0 Å². The number of aryl methyl sites for hydroxylation is 1. The van der Waals surface area contributed by atoms with Gasteiger partial charge in [0.15, 0.2) is 0 Å². The molecule has 0 bridgehead atoms. The van der Waals surface area contributed by atoms with E-state index in [9.17, 15) is 0 Å². The van der Waals surface area contributed by atoms with E-state index < -0.39 is 0 Å². The molecule has 0 saturated heterocycles. The minimum atomic E-state index is 0.363. The van der Waals surface area contributed by atoms with Crippen LogP contribution in [-0.2, 0) is 13.5 Å². The minimum Gasteiger partial charge on any atom is -0.308 e. The van der Waals surface area contributed by atoms with Crippen LogP contribution < -0.4 is 5.32 Å². The van der Waals surface area contributed by atoms with E-state index in [0.29, 0.717) is 6.04 Å². The van der Waals surface area contributed by atoms with Crippen LogP contribution in [0.5, 0.6) is 0 Å². The van der Waals surface area contributed by atoms with Crippen LogP contribution in [0.3, 0.4) is 0 Å². The number of benzene rings is 1. The molecule has 1 N–H and O–H groups in total. The molecule has 0 fully saturated rings. The maximum atomic E-state index is 4.66. The average Bonchev–Trinajstić information content (AvgIpc) is 2.68. The summed E-state index contributed by atoms with van der Waals surface area (Å²) in [5, 5.41) is 8.12. The van der Waals surface area contributed by atoms with E-state index in [1.165, 1.54) is 22.5 Å². The number of hydrogen-bond acceptors (Lipinski definition) is 2. The summed E-state index contributed by atoms with van der Waals surface area (Å²) < 4.78 is 2.02. The quantitative estimate of drug-likeness (QED) is 0.810. The zero-order chi connectivity index (χ0) is 11.8. The summed E-state index contributed by atoms with van der Waals surface area (Å²) >= 11 is 0. The van der Waals surface area contributed by atoms with Crippen molar-refractivity contribution in [2.45, 2.75) is 19.4 Å². The van der Waals surface area contributed by atoms with E-state index in [4.69, 9.17) is 0 Å². The Bertz CT molecular complexity index is 528. The molecule has 1 aliphatic heterocycles. The van der Waals surface area contributed by atoms with Gasteiger partial charge in [0.1, 0.15) is 0 Å². The standard InChI is InChI=1S/C14H17N3/c1-10-13-12(8-9-15-10)14(17(2)16-13)11-6-4-3-5-7-11/h3-7,10,15H,8-9H2,1-2H3/t10-/m0/s1. The predicted octanol–water partition coefficient (Wildman–Crippen LogP) is 2.29. The summed E-state index contributed by atoms with van der Waals surface area (Å²) in [5.41, 5.74) is 5.15. The summed E-state index contributed by atoms with van der Waals surface area (Å²) in [7, 11) is 2.04. The van der Waals surface area contributed by atoms with Crippen molar-refractivity contribution in [2.75, 3.05) is 6.54 Å². The third-order valence-corrected chi connectivity index (χ3v) is 3.46. The normalized spacial score (nSPS) is 19.1. The second-order valence-corrected chi connectivity index (χ2v) is 4.63. The first kappa shape index (κ1) is 10.5. The number of hydrogen-bond donors (Lipinski definition) is 1. The maximum absolute atomic E-state index is 4.66. The SMILES string of the molecule is C[C@@H]1NCCc2c1nn(C)c2-c1ccccc1. The summed E-state index contributed by atoms with van der Waals surface area (Å²) in [6, 6.07) is 10.9. The fourth-order valence-corrected chi connectivity index (χ4v) is 2.65. The van der Waals surface area contributed by atoms with Crippen LogP contribution in [0.25, 0.3) is 11.3 Å². The minimum absolute atomic E-state index is 0.363. The van der Waals surface area contributed by atoms with Gasteiger partial charge in [-0.15, -0.1) is 0 Å². The van der Waals surface area contributed by atoms with Crippen LogP contribution in [-0.4, -0.2) is 16.3 Å². The topological polar surface area (TPSA) is 29.9 Å². The molecule has 3 heteroatoms. The van der Waals surface area contributed by atoms with Gasteiger partial charge in [-0.25, -0.2) is 0 Å². The molecule has 0 radical (unpaired) electrons. The zero-order valence-corrected chi connectivity index (χ0v) is 10.3. The summed E-state index contributed by atoms with van der Waals surface area (Å²) in [4.78, 5) is 0. The van der Waals surface area contributed by atoms with Crippen LogP contribution >= 0.6 is 0 Å². The van der Waals surface area contributed by atoms with Crippen molar-refractivity contribution in [2.24, 2.45) is 7.05 Å². The predicted molar refractivity (Wildman–Crippen MR) is 68.8 cm³/mol. The Hall–Kier alpha value is -1.61. The van der Waals surface area contributed by atoms with Crippen molar-refractivity contribution in [1.29, 1.82) is 0 Å². The third kappa shape index (κ3) is 1.67. The Morgan fingerprint density at radius 2 is 2.06 bits per heavy atom. The van der Waals surface area contributed by atoms with Gasteiger partial charge in [0.05, 0.1) is 11.4 Å². The van der Waals surface area contributed by atoms with E-state index in [0.717, 1.165) is 13.0 Å². The van der Waals surface area contributed by atoms with Crippen molar-refractivity contribution in [3.8, 4) is 11.3 Å². The Morgan fingerprint density at radius 3 is 2.82 bits per heavy atom. The highest BCUT2D eigenvalue weighted by atomic mass is 15.3. The van der Waals surface area contributed by atoms with Gasteiger partial charge in [0.25, 0.3) is 0 Å². The van der Waals surface area contributed by atoms with E-state index in [1.807, 2.05) is 11.7 Å².